The Kier molecular flexibility index (Phi) is 4.69. The number of aromatic nitrogens is 4. The summed E-state index contributed by atoms with van der Waals surface area (Å²) in [4.78, 5) is 10.5. The van der Waals surface area contributed by atoms with E-state index in [9.17, 15) is 0 Å². The molecule has 0 unspecified atom stereocenters. The molecule has 0 aliphatic carbocycles. The zero-order valence-corrected chi connectivity index (χ0v) is 23.6. The van der Waals surface area contributed by atoms with Gasteiger partial charge in [-0.1, -0.05) is 103 Å². The van der Waals surface area contributed by atoms with Crippen molar-refractivity contribution in [2.24, 2.45) is 0 Å². The Hall–Kier alpha value is -6.00. The summed E-state index contributed by atoms with van der Waals surface area (Å²) < 4.78 is 4.67. The third-order valence-electron chi connectivity index (χ3n) is 9.13. The minimum Gasteiger partial charge on any atom is -0.309 e. The van der Waals surface area contributed by atoms with E-state index in [0.29, 0.717) is 0 Å². The number of hydrogen-bond donors (Lipinski definition) is 0. The maximum atomic E-state index is 5.39. The molecule has 4 nitrogen and oxygen atoms in total. The van der Waals surface area contributed by atoms with Crippen LogP contribution in [0.2, 0.25) is 0 Å². The predicted octanol–water partition coefficient (Wildman–Crippen LogP) is 10.1. The molecule has 10 aromatic rings. The van der Waals surface area contributed by atoms with Gasteiger partial charge in [0.05, 0.1) is 39.3 Å². The number of fused-ring (bicyclic) bond motifs is 13. The SMILES string of the molecule is c1ccc(-n2c3ccccc3c3c4c5ccccc5n(-c5cnc6c7ccccc7c7ccccc7c6n5)c4ccc32)cc1. The molecular weight excluding hydrogens is 536 g/mol. The van der Waals surface area contributed by atoms with Crippen molar-refractivity contribution in [2.45, 2.75) is 0 Å². The van der Waals surface area contributed by atoms with E-state index in [1.807, 2.05) is 6.20 Å². The van der Waals surface area contributed by atoms with Crippen LogP contribution >= 0.6 is 0 Å². The van der Waals surface area contributed by atoms with Crippen molar-refractivity contribution in [1.29, 1.82) is 0 Å². The zero-order valence-electron chi connectivity index (χ0n) is 23.6. The van der Waals surface area contributed by atoms with Gasteiger partial charge in [-0.3, -0.25) is 9.55 Å². The first-order valence-corrected chi connectivity index (χ1v) is 14.9. The van der Waals surface area contributed by atoms with E-state index in [4.69, 9.17) is 9.97 Å². The molecule has 0 radical (unpaired) electrons. The summed E-state index contributed by atoms with van der Waals surface area (Å²) in [5.74, 6) is 0.815. The monoisotopic (exact) mass is 560 g/mol. The zero-order chi connectivity index (χ0) is 28.8. The molecule has 0 aliphatic rings. The maximum absolute atomic E-state index is 5.39. The van der Waals surface area contributed by atoms with Gasteiger partial charge < -0.3 is 4.57 Å². The first-order chi connectivity index (χ1) is 21.9. The van der Waals surface area contributed by atoms with Crippen molar-refractivity contribution in [3.8, 4) is 11.5 Å². The lowest BCUT2D eigenvalue weighted by Gasteiger charge is -2.12. The van der Waals surface area contributed by atoms with Gasteiger partial charge in [0.1, 0.15) is 0 Å². The Morgan fingerprint density at radius 1 is 0.364 bits per heavy atom. The molecule has 0 amide bonds. The Morgan fingerprint density at radius 2 is 0.841 bits per heavy atom. The second-order valence-corrected chi connectivity index (χ2v) is 11.4. The molecule has 0 saturated heterocycles. The van der Waals surface area contributed by atoms with Crippen molar-refractivity contribution in [3.05, 3.63) is 146 Å². The summed E-state index contributed by atoms with van der Waals surface area (Å²) in [6, 6.07) is 49.6. The molecule has 4 heteroatoms. The fourth-order valence-corrected chi connectivity index (χ4v) is 7.34. The topological polar surface area (TPSA) is 35.6 Å². The molecule has 0 saturated carbocycles. The number of nitrogens with zero attached hydrogens (tertiary/aromatic N) is 4. The maximum Gasteiger partial charge on any atom is 0.156 e. The molecule has 44 heavy (non-hydrogen) atoms. The normalized spacial score (nSPS) is 12.1. The highest BCUT2D eigenvalue weighted by Gasteiger charge is 2.21. The molecule has 0 bridgehead atoms. The summed E-state index contributed by atoms with van der Waals surface area (Å²) in [7, 11) is 0. The van der Waals surface area contributed by atoms with Crippen LogP contribution in [0.25, 0.3) is 87.7 Å². The molecule has 3 aromatic heterocycles. The number of hydrogen-bond acceptors (Lipinski definition) is 2. The van der Waals surface area contributed by atoms with Gasteiger partial charge in [-0.05, 0) is 47.2 Å². The van der Waals surface area contributed by atoms with Crippen LogP contribution in [0.3, 0.4) is 0 Å². The average Bonchev–Trinajstić information content (AvgIpc) is 3.61. The smallest absolute Gasteiger partial charge is 0.156 e. The first kappa shape index (κ1) is 23.6. The molecule has 0 aliphatic heterocycles. The highest BCUT2D eigenvalue weighted by atomic mass is 15.1. The lowest BCUT2D eigenvalue weighted by Crippen LogP contribution is -2.00. The Balaban J connectivity index is 1.36. The van der Waals surface area contributed by atoms with Crippen molar-refractivity contribution in [1.82, 2.24) is 19.1 Å². The van der Waals surface area contributed by atoms with Gasteiger partial charge in [0.15, 0.2) is 5.82 Å². The average molecular weight is 561 g/mol. The summed E-state index contributed by atoms with van der Waals surface area (Å²) in [5.41, 5.74) is 7.62. The van der Waals surface area contributed by atoms with Gasteiger partial charge in [-0.25, -0.2) is 4.98 Å². The van der Waals surface area contributed by atoms with E-state index < -0.39 is 0 Å². The fourth-order valence-electron chi connectivity index (χ4n) is 7.34. The van der Waals surface area contributed by atoms with E-state index in [-0.39, 0.29) is 0 Å². The Bertz CT molecular complexity index is 2730. The van der Waals surface area contributed by atoms with E-state index in [2.05, 4.69) is 149 Å². The van der Waals surface area contributed by atoms with Gasteiger partial charge in [-0.15, -0.1) is 0 Å². The summed E-state index contributed by atoms with van der Waals surface area (Å²) in [6.07, 6.45) is 1.94. The van der Waals surface area contributed by atoms with Crippen LogP contribution < -0.4 is 0 Å². The second-order valence-electron chi connectivity index (χ2n) is 11.4. The van der Waals surface area contributed by atoms with E-state index in [0.717, 1.165) is 44.3 Å². The van der Waals surface area contributed by atoms with E-state index in [1.165, 1.54) is 43.4 Å². The van der Waals surface area contributed by atoms with Gasteiger partial charge >= 0.3 is 0 Å². The van der Waals surface area contributed by atoms with Crippen molar-refractivity contribution >= 4 is 76.2 Å². The van der Waals surface area contributed by atoms with Crippen LogP contribution in [0.4, 0.5) is 0 Å². The van der Waals surface area contributed by atoms with Gasteiger partial charge in [0.2, 0.25) is 0 Å². The van der Waals surface area contributed by atoms with Crippen molar-refractivity contribution < 1.29 is 0 Å². The molecule has 3 heterocycles. The third-order valence-corrected chi connectivity index (χ3v) is 9.13. The Morgan fingerprint density at radius 3 is 1.48 bits per heavy atom. The lowest BCUT2D eigenvalue weighted by molar-refractivity contribution is 1.08. The van der Waals surface area contributed by atoms with Crippen LogP contribution in [0.1, 0.15) is 0 Å². The molecule has 0 spiro atoms. The highest BCUT2D eigenvalue weighted by Crippen LogP contribution is 2.42. The number of para-hydroxylation sites is 3. The van der Waals surface area contributed by atoms with Crippen LogP contribution in [-0.2, 0) is 0 Å². The van der Waals surface area contributed by atoms with Crippen LogP contribution in [0.5, 0.6) is 0 Å². The minimum absolute atomic E-state index is 0.815. The second kappa shape index (κ2) is 8.76. The predicted molar refractivity (Wildman–Crippen MR) is 183 cm³/mol. The van der Waals surface area contributed by atoms with E-state index >= 15 is 0 Å². The van der Waals surface area contributed by atoms with Crippen molar-refractivity contribution in [3.63, 3.8) is 0 Å². The largest absolute Gasteiger partial charge is 0.309 e. The van der Waals surface area contributed by atoms with Crippen molar-refractivity contribution in [2.75, 3.05) is 0 Å². The summed E-state index contributed by atoms with van der Waals surface area (Å²) >= 11 is 0. The number of benzene rings is 7. The van der Waals surface area contributed by atoms with Gasteiger partial charge in [0, 0.05) is 38.0 Å². The standard InChI is InChI=1S/C40H24N4/c1-2-12-25(13-3-1)43-32-20-10-8-18-30(32)37-34(43)22-23-35-38(37)31-19-9-11-21-33(31)44(35)36-24-41-39-28-16-6-4-14-26(28)27-15-5-7-17-29(27)40(39)42-36/h1-24H. The molecule has 0 fully saturated rings. The summed E-state index contributed by atoms with van der Waals surface area (Å²) in [6.45, 7) is 0. The third kappa shape index (κ3) is 3.06. The van der Waals surface area contributed by atoms with E-state index in [1.54, 1.807) is 0 Å². The van der Waals surface area contributed by atoms with Crippen LogP contribution in [0.15, 0.2) is 146 Å². The molecule has 0 N–H and O–H groups in total. The number of rotatable bonds is 2. The minimum atomic E-state index is 0.815. The first-order valence-electron chi connectivity index (χ1n) is 14.9. The summed E-state index contributed by atoms with van der Waals surface area (Å²) in [5, 5.41) is 9.56. The van der Waals surface area contributed by atoms with Crippen LogP contribution in [-0.4, -0.2) is 19.1 Å². The molecule has 10 rings (SSSR count). The Labute approximate surface area is 252 Å². The fraction of sp³-hybridized carbons (Fsp3) is 0. The molecule has 0 atom stereocenters. The molecular formula is C40H24N4. The van der Waals surface area contributed by atoms with Crippen LogP contribution in [0, 0.1) is 0 Å². The van der Waals surface area contributed by atoms with Gasteiger partial charge in [0.25, 0.3) is 0 Å². The molecule has 204 valence electrons. The highest BCUT2D eigenvalue weighted by molar-refractivity contribution is 6.29. The quantitative estimate of drug-likeness (QED) is 0.197. The van der Waals surface area contributed by atoms with Gasteiger partial charge in [-0.2, -0.15) is 0 Å². The molecule has 7 aromatic carbocycles. The lowest BCUT2D eigenvalue weighted by atomic mass is 10.00.